The van der Waals surface area contributed by atoms with E-state index < -0.39 is 23.7 Å². The summed E-state index contributed by atoms with van der Waals surface area (Å²) in [4.78, 5) is 22.7. The summed E-state index contributed by atoms with van der Waals surface area (Å²) in [7, 11) is 2.73. The third kappa shape index (κ3) is 2.29. The molecule has 1 N–H and O–H groups in total. The van der Waals surface area contributed by atoms with Crippen molar-refractivity contribution in [1.82, 2.24) is 9.13 Å². The van der Waals surface area contributed by atoms with Gasteiger partial charge in [-0.05, 0) is 6.92 Å². The minimum absolute atomic E-state index is 0.0842. The van der Waals surface area contributed by atoms with Crippen LogP contribution in [0.3, 0.4) is 0 Å². The van der Waals surface area contributed by atoms with Crippen LogP contribution in [0.25, 0.3) is 0 Å². The number of halogens is 2. The van der Waals surface area contributed by atoms with Gasteiger partial charge in [0.2, 0.25) is 0 Å². The second-order valence-electron chi connectivity index (χ2n) is 3.54. The molecule has 90 valence electrons. The molecule has 0 radical (unpaired) electrons. The molecule has 7 heteroatoms. The molecule has 0 aliphatic carbocycles. The van der Waals surface area contributed by atoms with Crippen LogP contribution < -0.4 is 16.6 Å². The van der Waals surface area contributed by atoms with Gasteiger partial charge in [-0.15, -0.1) is 0 Å². The molecule has 0 bridgehead atoms. The van der Waals surface area contributed by atoms with Gasteiger partial charge in [0.15, 0.2) is 0 Å². The van der Waals surface area contributed by atoms with Crippen molar-refractivity contribution in [2.24, 2.45) is 14.1 Å². The number of alkyl halides is 2. The highest BCUT2D eigenvalue weighted by Gasteiger charge is 2.16. The molecule has 1 aromatic rings. The van der Waals surface area contributed by atoms with Crippen molar-refractivity contribution in [3.05, 3.63) is 26.9 Å². The maximum absolute atomic E-state index is 12.3. The number of anilines is 1. The Morgan fingerprint density at radius 1 is 1.25 bits per heavy atom. The molecule has 0 aromatic carbocycles. The first-order valence-corrected chi connectivity index (χ1v) is 4.66. The van der Waals surface area contributed by atoms with Crippen LogP contribution in [0.15, 0.2) is 15.7 Å². The van der Waals surface area contributed by atoms with Crippen LogP contribution in [0, 0.1) is 0 Å². The average Bonchev–Trinajstić information content (AvgIpc) is 2.22. The van der Waals surface area contributed by atoms with Crippen molar-refractivity contribution in [3.8, 4) is 0 Å². The van der Waals surface area contributed by atoms with E-state index in [4.69, 9.17) is 0 Å². The van der Waals surface area contributed by atoms with Gasteiger partial charge in [-0.3, -0.25) is 13.9 Å². The Bertz CT molecular complexity index is 493. The van der Waals surface area contributed by atoms with Crippen LogP contribution in [-0.2, 0) is 14.1 Å². The van der Waals surface area contributed by atoms with Crippen molar-refractivity contribution in [2.45, 2.75) is 19.4 Å². The van der Waals surface area contributed by atoms with Crippen LogP contribution in [0.1, 0.15) is 6.92 Å². The molecular weight excluding hydrogens is 220 g/mol. The fourth-order valence-corrected chi connectivity index (χ4v) is 1.17. The van der Waals surface area contributed by atoms with Crippen molar-refractivity contribution >= 4 is 5.82 Å². The standard InChI is InChI=1S/C9H13F2N3O2/c1-5(8(10)11)12-6-4-7(15)14(3)9(16)13(6)2/h4-5,8,12H,1-3H3. The van der Waals surface area contributed by atoms with Crippen LogP contribution in [-0.4, -0.2) is 21.6 Å². The number of aromatic nitrogens is 2. The van der Waals surface area contributed by atoms with Gasteiger partial charge >= 0.3 is 5.69 Å². The number of nitrogens with zero attached hydrogens (tertiary/aromatic N) is 2. The molecule has 0 amide bonds. The highest BCUT2D eigenvalue weighted by molar-refractivity contribution is 5.35. The molecule has 0 spiro atoms. The van der Waals surface area contributed by atoms with Gasteiger partial charge < -0.3 is 5.32 Å². The normalized spacial score (nSPS) is 12.9. The highest BCUT2D eigenvalue weighted by Crippen LogP contribution is 2.07. The largest absolute Gasteiger partial charge is 0.363 e. The Morgan fingerprint density at radius 2 is 1.81 bits per heavy atom. The first-order chi connectivity index (χ1) is 7.34. The molecule has 0 saturated heterocycles. The number of nitrogens with one attached hydrogen (secondary N) is 1. The van der Waals surface area contributed by atoms with Crippen LogP contribution >= 0.6 is 0 Å². The molecule has 1 aromatic heterocycles. The Hall–Kier alpha value is -1.66. The fraction of sp³-hybridized carbons (Fsp3) is 0.556. The van der Waals surface area contributed by atoms with Crippen LogP contribution in [0.5, 0.6) is 0 Å². The van der Waals surface area contributed by atoms with Crippen LogP contribution in [0.4, 0.5) is 14.6 Å². The van der Waals surface area contributed by atoms with E-state index in [1.165, 1.54) is 21.0 Å². The third-order valence-electron chi connectivity index (χ3n) is 2.28. The van der Waals surface area contributed by atoms with Crippen molar-refractivity contribution in [1.29, 1.82) is 0 Å². The summed E-state index contributed by atoms with van der Waals surface area (Å²) in [6.45, 7) is 1.27. The zero-order chi connectivity index (χ0) is 12.5. The van der Waals surface area contributed by atoms with E-state index in [1.807, 2.05) is 0 Å². The van der Waals surface area contributed by atoms with E-state index in [-0.39, 0.29) is 5.82 Å². The van der Waals surface area contributed by atoms with E-state index in [1.54, 1.807) is 0 Å². The molecule has 5 nitrogen and oxygen atoms in total. The van der Waals surface area contributed by atoms with Crippen molar-refractivity contribution in [3.63, 3.8) is 0 Å². The predicted molar refractivity (Wildman–Crippen MR) is 56.0 cm³/mol. The lowest BCUT2D eigenvalue weighted by atomic mass is 10.3. The summed E-state index contributed by atoms with van der Waals surface area (Å²) in [5, 5.41) is 2.42. The summed E-state index contributed by atoms with van der Waals surface area (Å²) in [6, 6.07) is -0.0157. The lowest BCUT2D eigenvalue weighted by Crippen LogP contribution is -2.39. The Balaban J connectivity index is 3.17. The minimum Gasteiger partial charge on any atom is -0.363 e. The second-order valence-corrected chi connectivity index (χ2v) is 3.54. The smallest absolute Gasteiger partial charge is 0.332 e. The van der Waals surface area contributed by atoms with E-state index >= 15 is 0 Å². The topological polar surface area (TPSA) is 56.0 Å². The number of hydrogen-bond acceptors (Lipinski definition) is 3. The molecular formula is C9H13F2N3O2. The Labute approximate surface area is 90.3 Å². The van der Waals surface area contributed by atoms with Crippen molar-refractivity contribution in [2.75, 3.05) is 5.32 Å². The highest BCUT2D eigenvalue weighted by atomic mass is 19.3. The minimum atomic E-state index is -2.57. The quantitative estimate of drug-likeness (QED) is 0.808. The lowest BCUT2D eigenvalue weighted by Gasteiger charge is -2.16. The van der Waals surface area contributed by atoms with Crippen LogP contribution in [0.2, 0.25) is 0 Å². The summed E-state index contributed by atoms with van der Waals surface area (Å²) in [6.07, 6.45) is -2.57. The molecule has 0 aliphatic heterocycles. The molecule has 0 fully saturated rings. The molecule has 16 heavy (non-hydrogen) atoms. The van der Waals surface area contributed by atoms with Gasteiger partial charge in [-0.1, -0.05) is 0 Å². The first kappa shape index (κ1) is 12.4. The maximum atomic E-state index is 12.3. The average molecular weight is 233 g/mol. The van der Waals surface area contributed by atoms with Gasteiger partial charge in [0.25, 0.3) is 12.0 Å². The Kier molecular flexibility index (Phi) is 3.46. The molecule has 1 atom stereocenters. The number of rotatable bonds is 3. The number of hydrogen-bond donors (Lipinski definition) is 1. The third-order valence-corrected chi connectivity index (χ3v) is 2.28. The van der Waals surface area contributed by atoms with E-state index in [9.17, 15) is 18.4 Å². The van der Waals surface area contributed by atoms with E-state index in [0.717, 1.165) is 15.2 Å². The second kappa shape index (κ2) is 4.46. The zero-order valence-corrected chi connectivity index (χ0v) is 9.20. The monoisotopic (exact) mass is 233 g/mol. The molecule has 1 heterocycles. The van der Waals surface area contributed by atoms with Gasteiger partial charge in [-0.25, -0.2) is 13.6 Å². The first-order valence-electron chi connectivity index (χ1n) is 4.66. The van der Waals surface area contributed by atoms with Crippen molar-refractivity contribution < 1.29 is 8.78 Å². The summed E-state index contributed by atoms with van der Waals surface area (Å²) in [5.74, 6) is 0.0842. The SMILES string of the molecule is CC(Nc1cc(=O)n(C)c(=O)n1C)C(F)F. The summed E-state index contributed by atoms with van der Waals surface area (Å²) >= 11 is 0. The Morgan fingerprint density at radius 3 is 2.31 bits per heavy atom. The van der Waals surface area contributed by atoms with Gasteiger partial charge in [0.05, 0.1) is 6.04 Å². The maximum Gasteiger partial charge on any atom is 0.332 e. The summed E-state index contributed by atoms with van der Waals surface area (Å²) in [5.41, 5.74) is -1.09. The van der Waals surface area contributed by atoms with Gasteiger partial charge in [0, 0.05) is 20.2 Å². The predicted octanol–water partition coefficient (Wildman–Crippen LogP) is 0.149. The molecule has 0 saturated carbocycles. The summed E-state index contributed by atoms with van der Waals surface area (Å²) < 4.78 is 26.6. The zero-order valence-electron chi connectivity index (χ0n) is 9.20. The van der Waals surface area contributed by atoms with Gasteiger partial charge in [0.1, 0.15) is 5.82 Å². The molecule has 0 aliphatic rings. The fourth-order valence-electron chi connectivity index (χ4n) is 1.17. The molecule has 1 rings (SSSR count). The van der Waals surface area contributed by atoms with Gasteiger partial charge in [-0.2, -0.15) is 0 Å². The van der Waals surface area contributed by atoms with E-state index in [2.05, 4.69) is 5.32 Å². The van der Waals surface area contributed by atoms with E-state index in [0.29, 0.717) is 0 Å². The molecule has 1 unspecified atom stereocenters. The lowest BCUT2D eigenvalue weighted by molar-refractivity contribution is 0.130.